The number of rotatable bonds is 5. The quantitative estimate of drug-likeness (QED) is 0.898. The van der Waals surface area contributed by atoms with Gasteiger partial charge >= 0.3 is 0 Å². The average Bonchev–Trinajstić information content (AvgIpc) is 2.75. The van der Waals surface area contributed by atoms with Crippen molar-refractivity contribution in [3.63, 3.8) is 0 Å². The van der Waals surface area contributed by atoms with Gasteiger partial charge in [-0.05, 0) is 57.9 Å². The van der Waals surface area contributed by atoms with Crippen LogP contribution in [0.1, 0.15) is 51.4 Å². The van der Waals surface area contributed by atoms with Gasteiger partial charge in [0, 0.05) is 12.6 Å². The van der Waals surface area contributed by atoms with Crippen molar-refractivity contribution in [2.75, 3.05) is 7.05 Å². The van der Waals surface area contributed by atoms with E-state index < -0.39 is 0 Å². The molecule has 1 aromatic heterocycles. The van der Waals surface area contributed by atoms with Crippen LogP contribution in [0, 0.1) is 11.8 Å². The molecule has 0 aromatic carbocycles. The summed E-state index contributed by atoms with van der Waals surface area (Å²) >= 11 is 6.55. The van der Waals surface area contributed by atoms with Gasteiger partial charge in [0.2, 0.25) is 0 Å². The SMILES string of the molecule is CCc1nn(CC)c(CC2CC(C)CCC2NC)c1Cl. The highest BCUT2D eigenvalue weighted by molar-refractivity contribution is 6.31. The molecule has 4 heteroatoms. The summed E-state index contributed by atoms with van der Waals surface area (Å²) in [6.45, 7) is 7.54. The van der Waals surface area contributed by atoms with E-state index in [4.69, 9.17) is 11.6 Å². The molecule has 1 heterocycles. The van der Waals surface area contributed by atoms with E-state index in [1.54, 1.807) is 0 Å². The minimum absolute atomic E-state index is 0.618. The normalized spacial score (nSPS) is 26.9. The van der Waals surface area contributed by atoms with Crippen LogP contribution < -0.4 is 5.32 Å². The molecule has 0 radical (unpaired) electrons. The van der Waals surface area contributed by atoms with Crippen molar-refractivity contribution >= 4 is 11.6 Å². The summed E-state index contributed by atoms with van der Waals surface area (Å²) in [5.74, 6) is 1.50. The fourth-order valence-electron chi connectivity index (χ4n) is 3.56. The summed E-state index contributed by atoms with van der Waals surface area (Å²) in [4.78, 5) is 0. The highest BCUT2D eigenvalue weighted by Crippen LogP contribution is 2.33. The molecule has 1 N–H and O–H groups in total. The molecule has 3 nitrogen and oxygen atoms in total. The van der Waals surface area contributed by atoms with Gasteiger partial charge in [-0.25, -0.2) is 0 Å². The number of hydrogen-bond donors (Lipinski definition) is 1. The molecule has 1 aliphatic carbocycles. The molecule has 1 saturated carbocycles. The van der Waals surface area contributed by atoms with E-state index >= 15 is 0 Å². The lowest BCUT2D eigenvalue weighted by Crippen LogP contribution is -2.39. The molecule has 1 aliphatic rings. The Kier molecular flexibility index (Phi) is 5.50. The Bertz CT molecular complexity index is 441. The van der Waals surface area contributed by atoms with Crippen LogP contribution in [0.15, 0.2) is 0 Å². The second kappa shape index (κ2) is 6.95. The van der Waals surface area contributed by atoms with Gasteiger partial charge in [-0.1, -0.05) is 25.4 Å². The Labute approximate surface area is 128 Å². The number of hydrogen-bond acceptors (Lipinski definition) is 2. The fourth-order valence-corrected chi connectivity index (χ4v) is 3.91. The zero-order valence-electron chi connectivity index (χ0n) is 13.2. The molecular weight excluding hydrogens is 270 g/mol. The Morgan fingerprint density at radius 3 is 2.70 bits per heavy atom. The molecule has 0 spiro atoms. The van der Waals surface area contributed by atoms with Gasteiger partial charge in [0.15, 0.2) is 0 Å². The van der Waals surface area contributed by atoms with Gasteiger partial charge in [0.1, 0.15) is 0 Å². The van der Waals surface area contributed by atoms with E-state index in [9.17, 15) is 0 Å². The summed E-state index contributed by atoms with van der Waals surface area (Å²) in [5, 5.41) is 9.05. The lowest BCUT2D eigenvalue weighted by atomic mass is 9.76. The third-order valence-electron chi connectivity index (χ3n) is 4.77. The van der Waals surface area contributed by atoms with Crippen LogP contribution in [0.25, 0.3) is 0 Å². The van der Waals surface area contributed by atoms with E-state index in [0.29, 0.717) is 12.0 Å². The summed E-state index contributed by atoms with van der Waals surface area (Å²) in [6.07, 6.45) is 5.87. The van der Waals surface area contributed by atoms with Crippen LogP contribution >= 0.6 is 11.6 Å². The first-order valence-corrected chi connectivity index (χ1v) is 8.39. The van der Waals surface area contributed by atoms with E-state index in [0.717, 1.165) is 36.0 Å². The second-order valence-corrected chi connectivity index (χ2v) is 6.53. The van der Waals surface area contributed by atoms with E-state index in [-0.39, 0.29) is 0 Å². The number of nitrogens with zero attached hydrogens (tertiary/aromatic N) is 2. The second-order valence-electron chi connectivity index (χ2n) is 6.15. The van der Waals surface area contributed by atoms with Crippen molar-refractivity contribution in [3.05, 3.63) is 16.4 Å². The first-order valence-electron chi connectivity index (χ1n) is 8.01. The van der Waals surface area contributed by atoms with Gasteiger partial charge in [-0.2, -0.15) is 5.10 Å². The van der Waals surface area contributed by atoms with E-state index in [2.05, 4.69) is 42.9 Å². The Morgan fingerprint density at radius 2 is 2.10 bits per heavy atom. The molecule has 0 amide bonds. The highest BCUT2D eigenvalue weighted by atomic mass is 35.5. The van der Waals surface area contributed by atoms with Crippen molar-refractivity contribution in [2.24, 2.45) is 11.8 Å². The summed E-state index contributed by atoms with van der Waals surface area (Å²) < 4.78 is 2.10. The topological polar surface area (TPSA) is 29.9 Å². The maximum Gasteiger partial charge on any atom is 0.0849 e. The largest absolute Gasteiger partial charge is 0.317 e. The standard InChI is InChI=1S/C16H28ClN3/c1-5-13-16(17)15(20(6-2)19-13)10-12-9-11(3)7-8-14(12)18-4/h11-12,14,18H,5-10H2,1-4H3. The minimum Gasteiger partial charge on any atom is -0.317 e. The molecule has 114 valence electrons. The molecule has 3 unspecified atom stereocenters. The van der Waals surface area contributed by atoms with Crippen molar-refractivity contribution in [1.82, 2.24) is 15.1 Å². The molecule has 2 rings (SSSR count). The summed E-state index contributed by atoms with van der Waals surface area (Å²) in [6, 6.07) is 0.618. The number of halogens is 1. The monoisotopic (exact) mass is 297 g/mol. The van der Waals surface area contributed by atoms with Crippen LogP contribution in [0.2, 0.25) is 5.02 Å². The zero-order valence-corrected chi connectivity index (χ0v) is 14.0. The Morgan fingerprint density at radius 1 is 1.35 bits per heavy atom. The molecular formula is C16H28ClN3. The molecule has 3 atom stereocenters. The van der Waals surface area contributed by atoms with Crippen LogP contribution in [0.4, 0.5) is 0 Å². The molecule has 1 aromatic rings. The zero-order chi connectivity index (χ0) is 14.7. The Balaban J connectivity index is 2.21. The van der Waals surface area contributed by atoms with Gasteiger partial charge < -0.3 is 5.32 Å². The van der Waals surface area contributed by atoms with Crippen LogP contribution in [-0.2, 0) is 19.4 Å². The molecule has 20 heavy (non-hydrogen) atoms. The van der Waals surface area contributed by atoms with Crippen molar-refractivity contribution < 1.29 is 0 Å². The van der Waals surface area contributed by atoms with E-state index in [1.807, 2.05) is 0 Å². The first-order chi connectivity index (χ1) is 9.60. The number of aromatic nitrogens is 2. The predicted molar refractivity (Wildman–Crippen MR) is 85.3 cm³/mol. The van der Waals surface area contributed by atoms with Crippen molar-refractivity contribution in [3.8, 4) is 0 Å². The molecule has 0 aliphatic heterocycles. The smallest absolute Gasteiger partial charge is 0.0849 e. The lowest BCUT2D eigenvalue weighted by molar-refractivity contribution is 0.217. The first kappa shape index (κ1) is 15.8. The van der Waals surface area contributed by atoms with Gasteiger partial charge in [0.25, 0.3) is 0 Å². The number of aryl methyl sites for hydroxylation is 2. The third-order valence-corrected chi connectivity index (χ3v) is 5.20. The Hall–Kier alpha value is -0.540. The van der Waals surface area contributed by atoms with Gasteiger partial charge in [-0.3, -0.25) is 4.68 Å². The molecule has 1 fully saturated rings. The maximum absolute atomic E-state index is 6.55. The minimum atomic E-state index is 0.618. The van der Waals surface area contributed by atoms with Gasteiger partial charge in [-0.15, -0.1) is 0 Å². The van der Waals surface area contributed by atoms with Crippen LogP contribution in [0.5, 0.6) is 0 Å². The number of nitrogens with one attached hydrogen (secondary N) is 1. The molecule has 0 bridgehead atoms. The predicted octanol–water partition coefficient (Wildman–Crippen LogP) is 3.69. The maximum atomic E-state index is 6.55. The van der Waals surface area contributed by atoms with Crippen LogP contribution in [-0.4, -0.2) is 22.9 Å². The van der Waals surface area contributed by atoms with Crippen molar-refractivity contribution in [2.45, 2.75) is 65.5 Å². The van der Waals surface area contributed by atoms with E-state index in [1.165, 1.54) is 25.0 Å². The highest BCUT2D eigenvalue weighted by Gasteiger charge is 2.29. The fraction of sp³-hybridized carbons (Fsp3) is 0.812. The lowest BCUT2D eigenvalue weighted by Gasteiger charge is -2.35. The summed E-state index contributed by atoms with van der Waals surface area (Å²) in [5.41, 5.74) is 2.29. The van der Waals surface area contributed by atoms with Crippen molar-refractivity contribution in [1.29, 1.82) is 0 Å². The third kappa shape index (κ3) is 3.20. The summed E-state index contributed by atoms with van der Waals surface area (Å²) in [7, 11) is 2.09. The molecule has 0 saturated heterocycles. The average molecular weight is 298 g/mol. The van der Waals surface area contributed by atoms with Crippen LogP contribution in [0.3, 0.4) is 0 Å². The van der Waals surface area contributed by atoms with Gasteiger partial charge in [0.05, 0.1) is 16.4 Å².